The molecule has 0 saturated heterocycles. The van der Waals surface area contributed by atoms with Crippen molar-refractivity contribution in [2.45, 2.75) is 40.7 Å². The van der Waals surface area contributed by atoms with Gasteiger partial charge in [-0.25, -0.2) is 0 Å². The lowest BCUT2D eigenvalue weighted by atomic mass is 10.1. The van der Waals surface area contributed by atoms with Crippen LogP contribution in [0.2, 0.25) is 0 Å². The van der Waals surface area contributed by atoms with Crippen molar-refractivity contribution < 1.29 is 14.6 Å². The second kappa shape index (κ2) is 12.7. The summed E-state index contributed by atoms with van der Waals surface area (Å²) in [4.78, 5) is 10.4. The minimum absolute atomic E-state index is 0.0766. The summed E-state index contributed by atoms with van der Waals surface area (Å²) in [5.74, 6) is -0.806. The molecule has 1 N–H and O–H groups in total. The van der Waals surface area contributed by atoms with E-state index in [2.05, 4.69) is 0 Å². The molecule has 1 aromatic carbocycles. The number of ether oxygens (including phenoxy) is 1. The van der Waals surface area contributed by atoms with Gasteiger partial charge in [-0.3, -0.25) is 4.79 Å². The summed E-state index contributed by atoms with van der Waals surface area (Å²) in [6, 6.07) is 7.37. The predicted molar refractivity (Wildman–Crippen MR) is 71.2 cm³/mol. The molecule has 0 aliphatic carbocycles. The first-order chi connectivity index (χ1) is 8.22. The maximum Gasteiger partial charge on any atom is 0.307 e. The molecule has 0 heterocycles. The first-order valence-electron chi connectivity index (χ1n) is 6.01. The molecular weight excluding hydrogens is 216 g/mol. The number of methoxy groups -OCH3 is 1. The van der Waals surface area contributed by atoms with E-state index >= 15 is 0 Å². The Hall–Kier alpha value is -1.35. The smallest absolute Gasteiger partial charge is 0.307 e. The van der Waals surface area contributed by atoms with Gasteiger partial charge in [0, 0.05) is 7.11 Å². The average molecular weight is 240 g/mol. The molecule has 0 fully saturated rings. The zero-order chi connectivity index (χ0) is 13.7. The maximum atomic E-state index is 10.4. The summed E-state index contributed by atoms with van der Waals surface area (Å²) < 4.78 is 4.93. The third-order valence-electron chi connectivity index (χ3n) is 1.69. The quantitative estimate of drug-likeness (QED) is 0.876. The summed E-state index contributed by atoms with van der Waals surface area (Å²) in [6.07, 6.45) is 0.0766. The predicted octanol–water partition coefficient (Wildman–Crippen LogP) is 3.51. The Morgan fingerprint density at radius 2 is 1.47 bits per heavy atom. The van der Waals surface area contributed by atoms with Crippen molar-refractivity contribution in [1.29, 1.82) is 0 Å². The fraction of sp³-hybridized carbons (Fsp3) is 0.500. The SMILES string of the molecule is CC.CC.COCc1ccc(CC(=O)O)cc1. The molecule has 0 spiro atoms. The van der Waals surface area contributed by atoms with E-state index in [4.69, 9.17) is 9.84 Å². The Kier molecular flexibility index (Phi) is 13.5. The molecule has 3 heteroatoms. The van der Waals surface area contributed by atoms with E-state index in [1.807, 2.05) is 52.0 Å². The van der Waals surface area contributed by atoms with Gasteiger partial charge in [-0.2, -0.15) is 0 Å². The number of rotatable bonds is 4. The van der Waals surface area contributed by atoms with E-state index in [0.29, 0.717) is 6.61 Å². The molecule has 98 valence electrons. The Balaban J connectivity index is 0. The zero-order valence-electron chi connectivity index (χ0n) is 11.5. The van der Waals surface area contributed by atoms with Gasteiger partial charge < -0.3 is 9.84 Å². The third-order valence-corrected chi connectivity index (χ3v) is 1.69. The first-order valence-corrected chi connectivity index (χ1v) is 6.01. The molecule has 1 aromatic rings. The first kappa shape index (κ1) is 18.0. The van der Waals surface area contributed by atoms with E-state index in [0.717, 1.165) is 11.1 Å². The normalized spacial score (nSPS) is 8.29. The van der Waals surface area contributed by atoms with Gasteiger partial charge in [0.05, 0.1) is 13.0 Å². The van der Waals surface area contributed by atoms with Crippen molar-refractivity contribution >= 4 is 5.97 Å². The van der Waals surface area contributed by atoms with Gasteiger partial charge in [0.25, 0.3) is 0 Å². The molecular formula is C14H24O3. The van der Waals surface area contributed by atoms with E-state index in [1.54, 1.807) is 7.11 Å². The lowest BCUT2D eigenvalue weighted by molar-refractivity contribution is -0.136. The monoisotopic (exact) mass is 240 g/mol. The number of carboxylic acids is 1. The number of aliphatic carboxylic acids is 1. The number of hydrogen-bond donors (Lipinski definition) is 1. The fourth-order valence-electron chi connectivity index (χ4n) is 1.09. The van der Waals surface area contributed by atoms with Crippen LogP contribution in [0, 0.1) is 0 Å². The van der Waals surface area contributed by atoms with Crippen molar-refractivity contribution in [3.63, 3.8) is 0 Å². The number of hydrogen-bond acceptors (Lipinski definition) is 2. The summed E-state index contributed by atoms with van der Waals surface area (Å²) in [7, 11) is 1.63. The van der Waals surface area contributed by atoms with Crippen molar-refractivity contribution in [3.8, 4) is 0 Å². The van der Waals surface area contributed by atoms with Gasteiger partial charge in [0.15, 0.2) is 0 Å². The lowest BCUT2D eigenvalue weighted by Crippen LogP contribution is -1.99. The minimum Gasteiger partial charge on any atom is -0.481 e. The van der Waals surface area contributed by atoms with Crippen molar-refractivity contribution in [2.75, 3.05) is 7.11 Å². The van der Waals surface area contributed by atoms with E-state index < -0.39 is 5.97 Å². The van der Waals surface area contributed by atoms with Crippen LogP contribution in [0.25, 0.3) is 0 Å². The van der Waals surface area contributed by atoms with Gasteiger partial charge in [-0.15, -0.1) is 0 Å². The highest BCUT2D eigenvalue weighted by molar-refractivity contribution is 5.70. The van der Waals surface area contributed by atoms with E-state index in [-0.39, 0.29) is 6.42 Å². The fourth-order valence-corrected chi connectivity index (χ4v) is 1.09. The van der Waals surface area contributed by atoms with Gasteiger partial charge >= 0.3 is 5.97 Å². The highest BCUT2D eigenvalue weighted by Gasteiger charge is 1.99. The molecule has 1 rings (SSSR count). The minimum atomic E-state index is -0.806. The largest absolute Gasteiger partial charge is 0.481 e. The van der Waals surface area contributed by atoms with Crippen LogP contribution in [-0.4, -0.2) is 18.2 Å². The standard InChI is InChI=1S/C10H12O3.2C2H6/c1-13-7-9-4-2-8(3-5-9)6-10(11)12;2*1-2/h2-5H,6-7H2,1H3,(H,11,12);2*1-2H3. The van der Waals surface area contributed by atoms with Gasteiger partial charge in [0.2, 0.25) is 0 Å². The molecule has 0 aliphatic heterocycles. The average Bonchev–Trinajstić information content (AvgIpc) is 2.36. The highest BCUT2D eigenvalue weighted by atomic mass is 16.5. The zero-order valence-corrected chi connectivity index (χ0v) is 11.5. The van der Waals surface area contributed by atoms with Gasteiger partial charge in [-0.1, -0.05) is 52.0 Å². The maximum absolute atomic E-state index is 10.4. The Labute approximate surface area is 104 Å². The van der Waals surface area contributed by atoms with Crippen LogP contribution in [0.4, 0.5) is 0 Å². The topological polar surface area (TPSA) is 46.5 Å². The summed E-state index contributed by atoms with van der Waals surface area (Å²) >= 11 is 0. The highest BCUT2D eigenvalue weighted by Crippen LogP contribution is 2.05. The van der Waals surface area contributed by atoms with Crippen LogP contribution in [0.1, 0.15) is 38.8 Å². The van der Waals surface area contributed by atoms with Gasteiger partial charge in [-0.05, 0) is 11.1 Å². The molecule has 0 atom stereocenters. The molecule has 17 heavy (non-hydrogen) atoms. The van der Waals surface area contributed by atoms with Gasteiger partial charge in [0.1, 0.15) is 0 Å². The molecule has 0 unspecified atom stereocenters. The third kappa shape index (κ3) is 9.57. The van der Waals surface area contributed by atoms with E-state index in [1.165, 1.54) is 0 Å². The Morgan fingerprint density at radius 1 is 1.06 bits per heavy atom. The molecule has 0 amide bonds. The molecule has 0 bridgehead atoms. The summed E-state index contributed by atoms with van der Waals surface area (Å²) in [5.41, 5.74) is 1.86. The van der Waals surface area contributed by atoms with Crippen LogP contribution < -0.4 is 0 Å². The van der Waals surface area contributed by atoms with Crippen LogP contribution in [0.5, 0.6) is 0 Å². The van der Waals surface area contributed by atoms with Crippen molar-refractivity contribution in [1.82, 2.24) is 0 Å². The number of carbonyl (C=O) groups is 1. The van der Waals surface area contributed by atoms with Crippen molar-refractivity contribution in [2.24, 2.45) is 0 Å². The number of benzene rings is 1. The van der Waals surface area contributed by atoms with E-state index in [9.17, 15) is 4.79 Å². The number of carboxylic acid groups (broad SMARTS) is 1. The lowest BCUT2D eigenvalue weighted by Gasteiger charge is -2.00. The Morgan fingerprint density at radius 3 is 1.82 bits per heavy atom. The van der Waals surface area contributed by atoms with Crippen LogP contribution in [0.15, 0.2) is 24.3 Å². The van der Waals surface area contributed by atoms with Crippen molar-refractivity contribution in [3.05, 3.63) is 35.4 Å². The molecule has 0 radical (unpaired) electrons. The molecule has 0 aromatic heterocycles. The van der Waals surface area contributed by atoms with Crippen LogP contribution in [0.3, 0.4) is 0 Å². The molecule has 3 nitrogen and oxygen atoms in total. The Bertz CT molecular complexity index is 278. The second-order valence-corrected chi connectivity index (χ2v) is 2.82. The summed E-state index contributed by atoms with van der Waals surface area (Å²) in [6.45, 7) is 8.56. The molecule has 0 aliphatic rings. The summed E-state index contributed by atoms with van der Waals surface area (Å²) in [5, 5.41) is 8.51. The second-order valence-electron chi connectivity index (χ2n) is 2.82. The molecule has 0 saturated carbocycles. The van der Waals surface area contributed by atoms with Crippen LogP contribution >= 0.6 is 0 Å². The van der Waals surface area contributed by atoms with Crippen LogP contribution in [-0.2, 0) is 22.6 Å².